The highest BCUT2D eigenvalue weighted by molar-refractivity contribution is 6.30. The number of hydrogen-bond acceptors (Lipinski definition) is 4. The Hall–Kier alpha value is -1.46. The molecule has 0 fully saturated rings. The van der Waals surface area contributed by atoms with Gasteiger partial charge in [-0.05, 0) is 32.0 Å². The fourth-order valence-corrected chi connectivity index (χ4v) is 2.00. The summed E-state index contributed by atoms with van der Waals surface area (Å²) in [5.74, 6) is 0.618. The third kappa shape index (κ3) is 3.77. The predicted molar refractivity (Wildman–Crippen MR) is 75.4 cm³/mol. The number of benzene rings is 1. The van der Waals surface area contributed by atoms with Gasteiger partial charge in [0.15, 0.2) is 5.82 Å². The molecule has 1 aromatic carbocycles. The summed E-state index contributed by atoms with van der Waals surface area (Å²) in [6.07, 6.45) is 1.88. The van der Waals surface area contributed by atoms with Crippen molar-refractivity contribution in [1.82, 2.24) is 15.5 Å². The van der Waals surface area contributed by atoms with E-state index in [1.54, 1.807) is 12.1 Å². The smallest absolute Gasteiger partial charge is 0.226 e. The molecule has 0 radical (unpaired) electrons. The summed E-state index contributed by atoms with van der Waals surface area (Å²) in [6.45, 7) is 2.08. The number of rotatable bonds is 6. The van der Waals surface area contributed by atoms with Crippen LogP contribution in [0.5, 0.6) is 0 Å². The van der Waals surface area contributed by atoms with Gasteiger partial charge in [-0.3, -0.25) is 0 Å². The van der Waals surface area contributed by atoms with Gasteiger partial charge in [0, 0.05) is 18.9 Å². The fourth-order valence-electron chi connectivity index (χ4n) is 1.80. The Balaban J connectivity index is 2.00. The van der Waals surface area contributed by atoms with E-state index in [4.69, 9.17) is 16.1 Å². The summed E-state index contributed by atoms with van der Waals surface area (Å²) in [4.78, 5) is 4.27. The molecule has 108 valence electrons. The van der Waals surface area contributed by atoms with Crippen LogP contribution in [0.1, 0.15) is 30.6 Å². The highest BCUT2D eigenvalue weighted by Crippen LogP contribution is 2.19. The van der Waals surface area contributed by atoms with E-state index >= 15 is 0 Å². The van der Waals surface area contributed by atoms with Gasteiger partial charge in [0.2, 0.25) is 5.89 Å². The summed E-state index contributed by atoms with van der Waals surface area (Å²) in [7, 11) is 1.91. The lowest BCUT2D eigenvalue weighted by molar-refractivity contribution is 0.365. The standard InChI is InChI=1S/C14H17ClFN3O/c1-9(17-2)6-7-13-18-12(19-20-13)8-10-4-3-5-11(15)14(10)16/h3-5,9,17H,6-8H2,1-2H3. The number of hydrogen-bond donors (Lipinski definition) is 1. The highest BCUT2D eigenvalue weighted by Gasteiger charge is 2.12. The SMILES string of the molecule is CNC(C)CCc1nc(Cc2cccc(Cl)c2F)no1. The van der Waals surface area contributed by atoms with Crippen LogP contribution in [0.25, 0.3) is 0 Å². The van der Waals surface area contributed by atoms with Crippen molar-refractivity contribution in [2.75, 3.05) is 7.05 Å². The van der Waals surface area contributed by atoms with Gasteiger partial charge < -0.3 is 9.84 Å². The summed E-state index contributed by atoms with van der Waals surface area (Å²) in [6, 6.07) is 5.27. The van der Waals surface area contributed by atoms with E-state index < -0.39 is 5.82 Å². The minimum atomic E-state index is -0.427. The molecule has 1 unspecified atom stereocenters. The average Bonchev–Trinajstić information content (AvgIpc) is 2.89. The van der Waals surface area contributed by atoms with E-state index in [-0.39, 0.29) is 11.4 Å². The summed E-state index contributed by atoms with van der Waals surface area (Å²) < 4.78 is 18.9. The second kappa shape index (κ2) is 6.81. The minimum absolute atomic E-state index is 0.106. The zero-order chi connectivity index (χ0) is 14.5. The molecule has 1 heterocycles. The Bertz CT molecular complexity index is 573. The third-order valence-corrected chi connectivity index (χ3v) is 3.47. The molecule has 0 bridgehead atoms. The molecule has 0 saturated carbocycles. The largest absolute Gasteiger partial charge is 0.339 e. The fraction of sp³-hybridized carbons (Fsp3) is 0.429. The maximum atomic E-state index is 13.8. The quantitative estimate of drug-likeness (QED) is 0.890. The Kier molecular flexibility index (Phi) is 5.09. The molecule has 0 amide bonds. The highest BCUT2D eigenvalue weighted by atomic mass is 35.5. The molecule has 1 aromatic heterocycles. The van der Waals surface area contributed by atoms with Crippen LogP contribution in [0.15, 0.2) is 22.7 Å². The first-order valence-corrected chi connectivity index (χ1v) is 6.89. The van der Waals surface area contributed by atoms with Gasteiger partial charge in [0.25, 0.3) is 0 Å². The number of nitrogens with zero attached hydrogens (tertiary/aromatic N) is 2. The minimum Gasteiger partial charge on any atom is -0.339 e. The van der Waals surface area contributed by atoms with Crippen LogP contribution < -0.4 is 5.32 Å². The molecule has 0 saturated heterocycles. The van der Waals surface area contributed by atoms with Crippen LogP contribution in [-0.2, 0) is 12.8 Å². The Morgan fingerprint density at radius 2 is 2.25 bits per heavy atom. The molecule has 2 rings (SSSR count). The van der Waals surface area contributed by atoms with Gasteiger partial charge in [-0.15, -0.1) is 0 Å². The molecular formula is C14H17ClFN3O. The van der Waals surface area contributed by atoms with E-state index in [2.05, 4.69) is 22.4 Å². The molecular weight excluding hydrogens is 281 g/mol. The molecule has 4 nitrogen and oxygen atoms in total. The van der Waals surface area contributed by atoms with Crippen LogP contribution in [0.2, 0.25) is 5.02 Å². The van der Waals surface area contributed by atoms with Crippen molar-refractivity contribution in [2.24, 2.45) is 0 Å². The van der Waals surface area contributed by atoms with Gasteiger partial charge in [-0.25, -0.2) is 4.39 Å². The second-order valence-corrected chi connectivity index (χ2v) is 5.13. The second-order valence-electron chi connectivity index (χ2n) is 4.72. The van der Waals surface area contributed by atoms with Crippen molar-refractivity contribution < 1.29 is 8.91 Å². The number of aromatic nitrogens is 2. The third-order valence-electron chi connectivity index (χ3n) is 3.17. The number of nitrogens with one attached hydrogen (secondary N) is 1. The Morgan fingerprint density at radius 1 is 1.45 bits per heavy atom. The molecule has 20 heavy (non-hydrogen) atoms. The number of aryl methyl sites for hydroxylation is 1. The average molecular weight is 298 g/mol. The van der Waals surface area contributed by atoms with Crippen LogP contribution in [0.4, 0.5) is 4.39 Å². The van der Waals surface area contributed by atoms with Gasteiger partial charge in [-0.2, -0.15) is 4.98 Å². The maximum absolute atomic E-state index is 13.8. The summed E-state index contributed by atoms with van der Waals surface area (Å²) in [5, 5.41) is 7.12. The van der Waals surface area contributed by atoms with Gasteiger partial charge in [0.05, 0.1) is 5.02 Å². The molecule has 2 aromatic rings. The van der Waals surface area contributed by atoms with Crippen LogP contribution in [-0.4, -0.2) is 23.2 Å². The monoisotopic (exact) mass is 297 g/mol. The summed E-state index contributed by atoms with van der Waals surface area (Å²) in [5.41, 5.74) is 0.466. The van der Waals surface area contributed by atoms with Crippen LogP contribution in [0, 0.1) is 5.82 Å². The normalized spacial score (nSPS) is 12.6. The lowest BCUT2D eigenvalue weighted by atomic mass is 10.1. The molecule has 0 aliphatic carbocycles. The van der Waals surface area contributed by atoms with Crippen molar-refractivity contribution in [1.29, 1.82) is 0 Å². The van der Waals surface area contributed by atoms with E-state index in [0.717, 1.165) is 6.42 Å². The first-order chi connectivity index (χ1) is 9.60. The zero-order valence-electron chi connectivity index (χ0n) is 11.5. The van der Waals surface area contributed by atoms with Crippen LogP contribution in [0.3, 0.4) is 0 Å². The first-order valence-electron chi connectivity index (χ1n) is 6.51. The van der Waals surface area contributed by atoms with Crippen molar-refractivity contribution in [3.05, 3.63) is 46.3 Å². The molecule has 1 N–H and O–H groups in total. The van der Waals surface area contributed by atoms with E-state index in [0.29, 0.717) is 29.7 Å². The van der Waals surface area contributed by atoms with Crippen LogP contribution >= 0.6 is 11.6 Å². The van der Waals surface area contributed by atoms with Gasteiger partial charge >= 0.3 is 0 Å². The summed E-state index contributed by atoms with van der Waals surface area (Å²) >= 11 is 5.74. The van der Waals surface area contributed by atoms with Crippen molar-refractivity contribution in [3.8, 4) is 0 Å². The predicted octanol–water partition coefficient (Wildman–Crippen LogP) is 2.99. The molecule has 6 heteroatoms. The van der Waals surface area contributed by atoms with Crippen molar-refractivity contribution in [2.45, 2.75) is 32.2 Å². The maximum Gasteiger partial charge on any atom is 0.226 e. The Morgan fingerprint density at radius 3 is 3.00 bits per heavy atom. The first kappa shape index (κ1) is 14.9. The van der Waals surface area contributed by atoms with Gasteiger partial charge in [-0.1, -0.05) is 28.9 Å². The van der Waals surface area contributed by atoms with Gasteiger partial charge in [0.1, 0.15) is 5.82 Å². The molecule has 1 atom stereocenters. The Labute approximate surface area is 122 Å². The number of halogens is 2. The topological polar surface area (TPSA) is 51.0 Å². The molecule has 0 aliphatic rings. The van der Waals surface area contributed by atoms with E-state index in [1.807, 2.05) is 7.05 Å². The van der Waals surface area contributed by atoms with E-state index in [1.165, 1.54) is 6.07 Å². The van der Waals surface area contributed by atoms with Crippen molar-refractivity contribution in [3.63, 3.8) is 0 Å². The van der Waals surface area contributed by atoms with Crippen molar-refractivity contribution >= 4 is 11.6 Å². The zero-order valence-corrected chi connectivity index (χ0v) is 12.2. The molecule has 0 spiro atoms. The van der Waals surface area contributed by atoms with E-state index in [9.17, 15) is 4.39 Å². The lowest BCUT2D eigenvalue weighted by Crippen LogP contribution is -2.21. The lowest BCUT2D eigenvalue weighted by Gasteiger charge is -2.06. The molecule has 0 aliphatic heterocycles.